The predicted octanol–water partition coefficient (Wildman–Crippen LogP) is 0.473. The first-order valence-corrected chi connectivity index (χ1v) is 4.48. The molecule has 5 nitrogen and oxygen atoms in total. The van der Waals surface area contributed by atoms with Crippen molar-refractivity contribution < 1.29 is 9.53 Å². The minimum atomic E-state index is -0.451. The van der Waals surface area contributed by atoms with Gasteiger partial charge in [-0.05, 0) is 18.6 Å². The zero-order valence-electron chi connectivity index (χ0n) is 7.93. The highest BCUT2D eigenvalue weighted by molar-refractivity contribution is 5.86. The van der Waals surface area contributed by atoms with E-state index in [9.17, 15) is 4.79 Å². The van der Waals surface area contributed by atoms with Crippen molar-refractivity contribution in [1.82, 2.24) is 10.2 Å². The van der Waals surface area contributed by atoms with Crippen LogP contribution in [0.2, 0.25) is 0 Å². The molecule has 1 fully saturated rings. The van der Waals surface area contributed by atoms with Crippen molar-refractivity contribution in [2.24, 2.45) is 0 Å². The van der Waals surface area contributed by atoms with Gasteiger partial charge in [-0.25, -0.2) is 4.79 Å². The molecule has 0 bridgehead atoms. The number of carbonyl (C=O) groups is 1. The fraction of sp³-hybridized carbons (Fsp3) is 0.444. The van der Waals surface area contributed by atoms with Crippen molar-refractivity contribution in [3.05, 3.63) is 17.8 Å². The summed E-state index contributed by atoms with van der Waals surface area (Å²) < 4.78 is 4.52. The number of hydrogen-bond acceptors (Lipinski definition) is 5. The predicted molar refractivity (Wildman–Crippen MR) is 50.2 cm³/mol. The minimum Gasteiger partial charge on any atom is -0.464 e. The van der Waals surface area contributed by atoms with Crippen LogP contribution in [0.15, 0.2) is 12.1 Å². The van der Waals surface area contributed by atoms with Gasteiger partial charge in [-0.15, -0.1) is 10.2 Å². The van der Waals surface area contributed by atoms with E-state index in [1.807, 2.05) is 0 Å². The van der Waals surface area contributed by atoms with Gasteiger partial charge in [0.2, 0.25) is 0 Å². The van der Waals surface area contributed by atoms with Gasteiger partial charge in [-0.2, -0.15) is 0 Å². The highest BCUT2D eigenvalue weighted by atomic mass is 16.5. The van der Waals surface area contributed by atoms with Crippen LogP contribution in [0.3, 0.4) is 0 Å². The third kappa shape index (κ3) is 1.53. The third-order valence-corrected chi connectivity index (χ3v) is 2.23. The van der Waals surface area contributed by atoms with Crippen LogP contribution in [0.1, 0.15) is 16.9 Å². The molecule has 1 aliphatic rings. The first-order valence-electron chi connectivity index (χ1n) is 4.48. The summed E-state index contributed by atoms with van der Waals surface area (Å²) in [6.45, 7) is 2.04. The second-order valence-corrected chi connectivity index (χ2v) is 3.11. The van der Waals surface area contributed by atoms with E-state index in [1.165, 1.54) is 13.5 Å². The fourth-order valence-corrected chi connectivity index (χ4v) is 1.25. The molecule has 5 heteroatoms. The quantitative estimate of drug-likeness (QED) is 0.639. The number of nitrogens with zero attached hydrogens (tertiary/aromatic N) is 3. The van der Waals surface area contributed by atoms with Crippen LogP contribution in [0.5, 0.6) is 0 Å². The lowest BCUT2D eigenvalue weighted by atomic mass is 10.2. The second kappa shape index (κ2) is 3.61. The average Bonchev–Trinajstić information content (AvgIpc) is 2.15. The molecule has 0 atom stereocenters. The Kier molecular flexibility index (Phi) is 2.30. The van der Waals surface area contributed by atoms with Crippen LogP contribution < -0.4 is 4.90 Å². The maximum atomic E-state index is 11.0. The molecule has 74 valence electrons. The smallest absolute Gasteiger partial charge is 0.358 e. The number of anilines is 1. The van der Waals surface area contributed by atoms with Crippen molar-refractivity contribution in [3.63, 3.8) is 0 Å². The van der Waals surface area contributed by atoms with Crippen LogP contribution in [0, 0.1) is 0 Å². The molecule has 0 unspecified atom stereocenters. The van der Waals surface area contributed by atoms with Gasteiger partial charge >= 0.3 is 5.97 Å². The number of rotatable bonds is 2. The lowest BCUT2D eigenvalue weighted by Crippen LogP contribution is -2.37. The number of methoxy groups -OCH3 is 1. The summed E-state index contributed by atoms with van der Waals surface area (Å²) in [7, 11) is 1.33. The van der Waals surface area contributed by atoms with Gasteiger partial charge in [0, 0.05) is 13.1 Å². The van der Waals surface area contributed by atoms with Crippen LogP contribution >= 0.6 is 0 Å². The van der Waals surface area contributed by atoms with E-state index in [0.717, 1.165) is 18.9 Å². The lowest BCUT2D eigenvalue weighted by molar-refractivity contribution is 0.0592. The molecule has 0 amide bonds. The van der Waals surface area contributed by atoms with Gasteiger partial charge in [0.1, 0.15) is 0 Å². The molecule has 0 saturated carbocycles. The number of ether oxygens (including phenoxy) is 1. The van der Waals surface area contributed by atoms with Crippen molar-refractivity contribution in [3.8, 4) is 0 Å². The third-order valence-electron chi connectivity index (χ3n) is 2.23. The van der Waals surface area contributed by atoms with Crippen molar-refractivity contribution in [1.29, 1.82) is 0 Å². The summed E-state index contributed by atoms with van der Waals surface area (Å²) in [6, 6.07) is 3.42. The molecule has 0 aliphatic carbocycles. The Labute approximate surface area is 81.7 Å². The summed E-state index contributed by atoms with van der Waals surface area (Å²) >= 11 is 0. The lowest BCUT2D eigenvalue weighted by Gasteiger charge is -2.31. The normalized spacial score (nSPS) is 14.8. The zero-order chi connectivity index (χ0) is 9.97. The molecule has 1 aromatic rings. The largest absolute Gasteiger partial charge is 0.464 e. The van der Waals surface area contributed by atoms with Gasteiger partial charge in [0.05, 0.1) is 7.11 Å². The van der Waals surface area contributed by atoms with E-state index >= 15 is 0 Å². The number of carbonyl (C=O) groups excluding carboxylic acids is 1. The summed E-state index contributed by atoms with van der Waals surface area (Å²) in [6.07, 6.45) is 1.19. The molecule has 0 N–H and O–H groups in total. The standard InChI is InChI=1S/C9H11N3O2/c1-14-9(13)7-3-4-8(11-10-7)12-5-2-6-12/h3-4H,2,5-6H2,1H3. The fourth-order valence-electron chi connectivity index (χ4n) is 1.25. The molecule has 1 saturated heterocycles. The topological polar surface area (TPSA) is 55.3 Å². The molecular weight excluding hydrogens is 182 g/mol. The van der Waals surface area contributed by atoms with Crippen molar-refractivity contribution in [2.45, 2.75) is 6.42 Å². The van der Waals surface area contributed by atoms with Crippen LogP contribution in [-0.2, 0) is 4.74 Å². The number of hydrogen-bond donors (Lipinski definition) is 0. The van der Waals surface area contributed by atoms with E-state index in [2.05, 4.69) is 19.8 Å². The SMILES string of the molecule is COC(=O)c1ccc(N2CCC2)nn1. The Bertz CT molecular complexity index is 332. The Hall–Kier alpha value is -1.65. The molecule has 1 aliphatic heterocycles. The Morgan fingerprint density at radius 3 is 2.64 bits per heavy atom. The molecule has 2 rings (SSSR count). The molecule has 0 aromatic carbocycles. The first kappa shape index (κ1) is 8.93. The zero-order valence-corrected chi connectivity index (χ0v) is 7.93. The van der Waals surface area contributed by atoms with Gasteiger partial charge in [0.15, 0.2) is 11.5 Å². The van der Waals surface area contributed by atoms with Crippen LogP contribution in [0.4, 0.5) is 5.82 Å². The van der Waals surface area contributed by atoms with Crippen LogP contribution in [-0.4, -0.2) is 36.4 Å². The monoisotopic (exact) mass is 193 g/mol. The van der Waals surface area contributed by atoms with Gasteiger partial charge in [-0.3, -0.25) is 0 Å². The van der Waals surface area contributed by atoms with E-state index < -0.39 is 5.97 Å². The van der Waals surface area contributed by atoms with Gasteiger partial charge in [-0.1, -0.05) is 0 Å². The first-order chi connectivity index (χ1) is 6.81. The van der Waals surface area contributed by atoms with E-state index in [0.29, 0.717) is 0 Å². The highest BCUT2D eigenvalue weighted by Crippen LogP contribution is 2.16. The van der Waals surface area contributed by atoms with Gasteiger partial charge < -0.3 is 9.64 Å². The molecule has 0 spiro atoms. The van der Waals surface area contributed by atoms with E-state index in [1.54, 1.807) is 12.1 Å². The van der Waals surface area contributed by atoms with E-state index in [-0.39, 0.29) is 5.69 Å². The van der Waals surface area contributed by atoms with Crippen molar-refractivity contribution in [2.75, 3.05) is 25.1 Å². The van der Waals surface area contributed by atoms with Crippen LogP contribution in [0.25, 0.3) is 0 Å². The minimum absolute atomic E-state index is 0.247. The summed E-state index contributed by atoms with van der Waals surface area (Å²) in [5.41, 5.74) is 0.247. The molecular formula is C9H11N3O2. The maximum absolute atomic E-state index is 11.0. The Morgan fingerprint density at radius 2 is 2.21 bits per heavy atom. The number of aromatic nitrogens is 2. The average molecular weight is 193 g/mol. The molecule has 0 radical (unpaired) electrons. The summed E-state index contributed by atoms with van der Waals surface area (Å²) in [5, 5.41) is 7.73. The summed E-state index contributed by atoms with van der Waals surface area (Å²) in [4.78, 5) is 13.1. The second-order valence-electron chi connectivity index (χ2n) is 3.11. The van der Waals surface area contributed by atoms with Crippen molar-refractivity contribution >= 4 is 11.8 Å². The maximum Gasteiger partial charge on any atom is 0.358 e. The Balaban J connectivity index is 2.13. The molecule has 1 aromatic heterocycles. The molecule has 14 heavy (non-hydrogen) atoms. The van der Waals surface area contributed by atoms with Gasteiger partial charge in [0.25, 0.3) is 0 Å². The Morgan fingerprint density at radius 1 is 1.43 bits per heavy atom. The van der Waals surface area contributed by atoms with E-state index in [4.69, 9.17) is 0 Å². The number of esters is 1. The highest BCUT2D eigenvalue weighted by Gasteiger charge is 2.16. The molecule has 2 heterocycles. The summed E-state index contributed by atoms with van der Waals surface area (Å²) in [5.74, 6) is 0.372.